The highest BCUT2D eigenvalue weighted by atomic mass is 32.1. The maximum atomic E-state index is 10.7. The van der Waals surface area contributed by atoms with Crippen LogP contribution in [0.1, 0.15) is 34.6 Å². The number of nitrogens with one attached hydrogen (secondary N) is 1. The Hall–Kier alpha value is -3.64. The zero-order valence-corrected chi connectivity index (χ0v) is 18.8. The van der Waals surface area contributed by atoms with Crippen molar-refractivity contribution in [2.45, 2.75) is 25.9 Å². The van der Waals surface area contributed by atoms with Crippen molar-refractivity contribution in [2.75, 3.05) is 4.90 Å². The van der Waals surface area contributed by atoms with Crippen molar-refractivity contribution in [3.05, 3.63) is 108 Å². The Morgan fingerprint density at radius 2 is 1.75 bits per heavy atom. The molecule has 2 atom stereocenters. The summed E-state index contributed by atoms with van der Waals surface area (Å²) in [5.74, 6) is 0.188. The SMILES string of the molecule is Cc1ccc(-n2cccc2[C@@H]2[C@@H](c3ccccn3)NC(=S)N2c2ccccc2O)cc1C. The number of aryl methyl sites for hydroxylation is 2. The van der Waals surface area contributed by atoms with Gasteiger partial charge in [0.05, 0.1) is 17.4 Å². The summed E-state index contributed by atoms with van der Waals surface area (Å²) in [6, 6.07) is 23.4. The molecule has 32 heavy (non-hydrogen) atoms. The van der Waals surface area contributed by atoms with Crippen molar-refractivity contribution < 1.29 is 5.11 Å². The Labute approximate surface area is 193 Å². The molecule has 2 aromatic heterocycles. The normalized spacial score (nSPS) is 18.1. The van der Waals surface area contributed by atoms with Gasteiger partial charge in [0, 0.05) is 23.8 Å². The number of phenols is 1. The zero-order chi connectivity index (χ0) is 22.2. The Morgan fingerprint density at radius 1 is 0.938 bits per heavy atom. The highest BCUT2D eigenvalue weighted by Crippen LogP contribution is 2.44. The number of hydrogen-bond donors (Lipinski definition) is 2. The lowest BCUT2D eigenvalue weighted by Crippen LogP contribution is -2.30. The van der Waals surface area contributed by atoms with Gasteiger partial charge in [0.1, 0.15) is 11.8 Å². The summed E-state index contributed by atoms with van der Waals surface area (Å²) >= 11 is 5.77. The molecule has 0 bridgehead atoms. The van der Waals surface area contributed by atoms with E-state index in [9.17, 15) is 5.11 Å². The van der Waals surface area contributed by atoms with E-state index in [4.69, 9.17) is 12.2 Å². The lowest BCUT2D eigenvalue weighted by molar-refractivity contribution is 0.472. The number of thiocarbonyl (C=S) groups is 1. The molecular formula is C26H24N4OS. The third kappa shape index (κ3) is 3.42. The first-order valence-corrected chi connectivity index (χ1v) is 11.0. The monoisotopic (exact) mass is 440 g/mol. The Bertz CT molecular complexity index is 1280. The molecule has 1 aliphatic heterocycles. The molecule has 3 heterocycles. The van der Waals surface area contributed by atoms with Crippen LogP contribution < -0.4 is 10.2 Å². The number of nitrogens with zero attached hydrogens (tertiary/aromatic N) is 3. The van der Waals surface area contributed by atoms with Crippen molar-refractivity contribution >= 4 is 23.0 Å². The summed E-state index contributed by atoms with van der Waals surface area (Å²) in [7, 11) is 0. The average molecular weight is 441 g/mol. The van der Waals surface area contributed by atoms with Gasteiger partial charge in [-0.05, 0) is 85.7 Å². The van der Waals surface area contributed by atoms with E-state index in [1.807, 2.05) is 47.4 Å². The fraction of sp³-hybridized carbons (Fsp3) is 0.154. The second-order valence-corrected chi connectivity index (χ2v) is 8.44. The van der Waals surface area contributed by atoms with Crippen LogP contribution in [-0.4, -0.2) is 19.8 Å². The number of benzene rings is 2. The summed E-state index contributed by atoms with van der Waals surface area (Å²) in [6.45, 7) is 4.24. The van der Waals surface area contributed by atoms with Crippen molar-refractivity contribution in [3.63, 3.8) is 0 Å². The molecule has 0 spiro atoms. The van der Waals surface area contributed by atoms with Crippen LogP contribution in [0.5, 0.6) is 5.75 Å². The van der Waals surface area contributed by atoms with Crippen molar-refractivity contribution in [1.82, 2.24) is 14.9 Å². The molecule has 4 aromatic rings. The van der Waals surface area contributed by atoms with Gasteiger partial charge in [-0.1, -0.05) is 24.3 Å². The number of para-hydroxylation sites is 2. The standard InChI is InChI=1S/C26H24N4OS/c1-17-12-13-19(16-18(17)2)29-15-7-10-22(29)25-24(20-8-5-6-14-27-20)28-26(32)30(25)21-9-3-4-11-23(21)31/h3-16,24-25,31H,1-2H3,(H,28,32)/t24-,25-/m1/s1. The Morgan fingerprint density at radius 3 is 2.50 bits per heavy atom. The third-order valence-electron chi connectivity index (χ3n) is 6.09. The van der Waals surface area contributed by atoms with E-state index in [1.54, 1.807) is 12.3 Å². The van der Waals surface area contributed by atoms with E-state index in [0.717, 1.165) is 17.1 Å². The Kier molecular flexibility index (Phi) is 5.15. The highest BCUT2D eigenvalue weighted by Gasteiger charge is 2.42. The zero-order valence-electron chi connectivity index (χ0n) is 17.9. The molecule has 0 unspecified atom stereocenters. The largest absolute Gasteiger partial charge is 0.506 e. The van der Waals surface area contributed by atoms with Crippen LogP contribution >= 0.6 is 12.2 Å². The maximum Gasteiger partial charge on any atom is 0.174 e. The van der Waals surface area contributed by atoms with Crippen LogP contribution in [-0.2, 0) is 0 Å². The topological polar surface area (TPSA) is 53.3 Å². The van der Waals surface area contributed by atoms with Crippen LogP contribution in [0, 0.1) is 13.8 Å². The lowest BCUT2D eigenvalue weighted by Gasteiger charge is -2.29. The number of aromatic hydroxyl groups is 1. The molecule has 0 amide bonds. The van der Waals surface area contributed by atoms with E-state index in [0.29, 0.717) is 10.8 Å². The molecule has 1 aliphatic rings. The molecule has 1 fully saturated rings. The number of rotatable bonds is 4. The smallest absolute Gasteiger partial charge is 0.174 e. The first kappa shape index (κ1) is 20.3. The van der Waals surface area contributed by atoms with Gasteiger partial charge in [0.2, 0.25) is 0 Å². The average Bonchev–Trinajstić information content (AvgIpc) is 3.41. The number of anilines is 1. The first-order valence-electron chi connectivity index (χ1n) is 10.6. The van der Waals surface area contributed by atoms with Crippen LogP contribution in [0.3, 0.4) is 0 Å². The molecule has 2 N–H and O–H groups in total. The van der Waals surface area contributed by atoms with Crippen LogP contribution in [0.25, 0.3) is 5.69 Å². The Balaban J connectivity index is 1.69. The van der Waals surface area contributed by atoms with Gasteiger partial charge in [-0.2, -0.15) is 0 Å². The van der Waals surface area contributed by atoms with E-state index in [1.165, 1.54) is 11.1 Å². The highest BCUT2D eigenvalue weighted by molar-refractivity contribution is 7.80. The molecule has 0 saturated carbocycles. The van der Waals surface area contributed by atoms with E-state index >= 15 is 0 Å². The quantitative estimate of drug-likeness (QED) is 0.418. The first-order chi connectivity index (χ1) is 15.5. The molecule has 2 aromatic carbocycles. The summed E-state index contributed by atoms with van der Waals surface area (Å²) in [6.07, 6.45) is 3.86. The van der Waals surface area contributed by atoms with Crippen LogP contribution in [0.15, 0.2) is 85.2 Å². The second kappa shape index (κ2) is 8.13. The van der Waals surface area contributed by atoms with Gasteiger partial charge in [-0.3, -0.25) is 4.98 Å². The second-order valence-electron chi connectivity index (χ2n) is 8.06. The van der Waals surface area contributed by atoms with E-state index in [-0.39, 0.29) is 17.8 Å². The van der Waals surface area contributed by atoms with E-state index < -0.39 is 0 Å². The van der Waals surface area contributed by atoms with Gasteiger partial charge >= 0.3 is 0 Å². The predicted octanol–water partition coefficient (Wildman–Crippen LogP) is 5.37. The van der Waals surface area contributed by atoms with Crippen molar-refractivity contribution in [2.24, 2.45) is 0 Å². The summed E-state index contributed by atoms with van der Waals surface area (Å²) < 4.78 is 2.19. The summed E-state index contributed by atoms with van der Waals surface area (Å²) in [5.41, 5.74) is 6.20. The molecule has 6 heteroatoms. The number of aromatic nitrogens is 2. The van der Waals surface area contributed by atoms with Crippen molar-refractivity contribution in [3.8, 4) is 11.4 Å². The van der Waals surface area contributed by atoms with Gasteiger partial charge in [-0.15, -0.1) is 0 Å². The van der Waals surface area contributed by atoms with Crippen molar-refractivity contribution in [1.29, 1.82) is 0 Å². The molecular weight excluding hydrogens is 416 g/mol. The van der Waals surface area contributed by atoms with Crippen LogP contribution in [0.2, 0.25) is 0 Å². The third-order valence-corrected chi connectivity index (χ3v) is 6.41. The van der Waals surface area contributed by atoms with Gasteiger partial charge in [0.25, 0.3) is 0 Å². The van der Waals surface area contributed by atoms with Gasteiger partial charge < -0.3 is 19.9 Å². The molecule has 1 saturated heterocycles. The molecule has 5 rings (SSSR count). The maximum absolute atomic E-state index is 10.7. The predicted molar refractivity (Wildman–Crippen MR) is 131 cm³/mol. The number of phenolic OH excluding ortho intramolecular Hbond substituents is 1. The fourth-order valence-corrected chi connectivity index (χ4v) is 4.67. The van der Waals surface area contributed by atoms with Gasteiger partial charge in [-0.25, -0.2) is 0 Å². The molecule has 5 nitrogen and oxygen atoms in total. The minimum atomic E-state index is -0.206. The van der Waals surface area contributed by atoms with Crippen LogP contribution in [0.4, 0.5) is 5.69 Å². The minimum Gasteiger partial charge on any atom is -0.506 e. The molecule has 0 radical (unpaired) electrons. The summed E-state index contributed by atoms with van der Waals surface area (Å²) in [5, 5.41) is 14.7. The summed E-state index contributed by atoms with van der Waals surface area (Å²) in [4.78, 5) is 6.61. The molecule has 0 aliphatic carbocycles. The fourth-order valence-electron chi connectivity index (χ4n) is 4.33. The minimum absolute atomic E-state index is 0.177. The number of pyridine rings is 1. The molecule has 160 valence electrons. The number of hydrogen-bond acceptors (Lipinski definition) is 3. The van der Waals surface area contributed by atoms with Gasteiger partial charge in [0.15, 0.2) is 5.11 Å². The van der Waals surface area contributed by atoms with E-state index in [2.05, 4.69) is 59.2 Å². The lowest BCUT2D eigenvalue weighted by atomic mass is 10.0.